The predicted molar refractivity (Wildman–Crippen MR) is 99.7 cm³/mol. The zero-order valence-electron chi connectivity index (χ0n) is 14.0. The Bertz CT molecular complexity index is 672. The van der Waals surface area contributed by atoms with Crippen LogP contribution in [0.3, 0.4) is 0 Å². The third kappa shape index (κ3) is 5.18. The van der Waals surface area contributed by atoms with Gasteiger partial charge in [0.1, 0.15) is 0 Å². The quantitative estimate of drug-likeness (QED) is 0.769. The van der Waals surface area contributed by atoms with Crippen molar-refractivity contribution in [2.75, 3.05) is 19.6 Å². The van der Waals surface area contributed by atoms with Crippen molar-refractivity contribution >= 4 is 17.6 Å². The molecule has 6 heteroatoms. The summed E-state index contributed by atoms with van der Waals surface area (Å²) in [7, 11) is 0. The van der Waals surface area contributed by atoms with E-state index in [9.17, 15) is 4.79 Å². The summed E-state index contributed by atoms with van der Waals surface area (Å²) in [5.41, 5.74) is 1.96. The normalized spacial score (nSPS) is 16.2. The van der Waals surface area contributed by atoms with Crippen LogP contribution >= 0.6 is 11.6 Å². The highest BCUT2D eigenvalue weighted by Crippen LogP contribution is 2.23. The van der Waals surface area contributed by atoms with Crippen LogP contribution in [0.5, 0.6) is 0 Å². The molecule has 0 spiro atoms. The van der Waals surface area contributed by atoms with Crippen molar-refractivity contribution in [1.29, 1.82) is 0 Å². The lowest BCUT2D eigenvalue weighted by Gasteiger charge is -2.24. The van der Waals surface area contributed by atoms with Crippen molar-refractivity contribution in [1.82, 2.24) is 20.9 Å². The van der Waals surface area contributed by atoms with Gasteiger partial charge in [-0.15, -0.1) is 0 Å². The van der Waals surface area contributed by atoms with Gasteiger partial charge in [-0.25, -0.2) is 4.79 Å². The number of amides is 2. The number of nitrogens with one attached hydrogen (secondary N) is 3. The molecule has 1 aromatic carbocycles. The highest BCUT2D eigenvalue weighted by molar-refractivity contribution is 6.30. The molecule has 132 valence electrons. The highest BCUT2D eigenvalue weighted by Gasteiger charge is 2.18. The van der Waals surface area contributed by atoms with Gasteiger partial charge in [-0.3, -0.25) is 4.98 Å². The van der Waals surface area contributed by atoms with Crippen LogP contribution in [-0.2, 0) is 0 Å². The monoisotopic (exact) mass is 358 g/mol. The molecule has 1 unspecified atom stereocenters. The number of nitrogens with zero attached hydrogens (tertiary/aromatic N) is 1. The average molecular weight is 359 g/mol. The topological polar surface area (TPSA) is 66.1 Å². The number of benzene rings is 1. The predicted octanol–water partition coefficient (Wildman–Crippen LogP) is 3.12. The number of hydrogen-bond acceptors (Lipinski definition) is 3. The maximum Gasteiger partial charge on any atom is 0.315 e. The van der Waals surface area contributed by atoms with Crippen molar-refractivity contribution in [3.8, 4) is 0 Å². The van der Waals surface area contributed by atoms with Crippen molar-refractivity contribution in [2.45, 2.75) is 18.9 Å². The van der Waals surface area contributed by atoms with Gasteiger partial charge in [-0.2, -0.15) is 0 Å². The first kappa shape index (κ1) is 17.7. The van der Waals surface area contributed by atoms with Crippen LogP contribution in [0, 0.1) is 5.92 Å². The second-order valence-electron chi connectivity index (χ2n) is 6.31. The number of halogens is 1. The van der Waals surface area contributed by atoms with E-state index in [2.05, 4.69) is 20.9 Å². The van der Waals surface area contributed by atoms with E-state index in [1.54, 1.807) is 12.4 Å². The summed E-state index contributed by atoms with van der Waals surface area (Å²) in [6.45, 7) is 2.76. The van der Waals surface area contributed by atoms with Crippen LogP contribution < -0.4 is 16.0 Å². The molecule has 0 bridgehead atoms. The molecular weight excluding hydrogens is 336 g/mol. The van der Waals surface area contributed by atoms with Gasteiger partial charge in [0, 0.05) is 24.0 Å². The van der Waals surface area contributed by atoms with E-state index in [1.165, 1.54) is 0 Å². The van der Waals surface area contributed by atoms with Gasteiger partial charge in [0.05, 0.1) is 6.04 Å². The molecule has 1 aliphatic heterocycles. The largest absolute Gasteiger partial charge is 0.338 e. The van der Waals surface area contributed by atoms with Crippen molar-refractivity contribution in [3.63, 3.8) is 0 Å². The summed E-state index contributed by atoms with van der Waals surface area (Å²) in [4.78, 5) is 16.5. The van der Waals surface area contributed by atoms with Crippen LogP contribution in [0.4, 0.5) is 4.79 Å². The smallest absolute Gasteiger partial charge is 0.315 e. The summed E-state index contributed by atoms with van der Waals surface area (Å²) in [5, 5.41) is 10.1. The number of aromatic nitrogens is 1. The molecule has 1 atom stereocenters. The zero-order valence-corrected chi connectivity index (χ0v) is 14.8. The van der Waals surface area contributed by atoms with Crippen LogP contribution in [0.15, 0.2) is 48.8 Å². The molecule has 0 aliphatic carbocycles. The lowest BCUT2D eigenvalue weighted by molar-refractivity contribution is 0.234. The molecular formula is C19H23ClN4O. The maximum atomic E-state index is 12.4. The molecule has 1 fully saturated rings. The Morgan fingerprint density at radius 3 is 2.44 bits per heavy atom. The van der Waals surface area contributed by atoms with Gasteiger partial charge in [-0.1, -0.05) is 23.7 Å². The Morgan fingerprint density at radius 1 is 1.12 bits per heavy atom. The second kappa shape index (κ2) is 8.83. The number of rotatable bonds is 5. The molecule has 1 aliphatic rings. The Kier molecular flexibility index (Phi) is 6.25. The van der Waals surface area contributed by atoms with Gasteiger partial charge >= 0.3 is 6.03 Å². The van der Waals surface area contributed by atoms with Crippen LogP contribution in [0.1, 0.15) is 30.0 Å². The molecule has 1 saturated heterocycles. The maximum absolute atomic E-state index is 12.4. The molecule has 2 aromatic rings. The fourth-order valence-corrected chi connectivity index (χ4v) is 3.20. The van der Waals surface area contributed by atoms with Crippen molar-refractivity contribution in [3.05, 3.63) is 64.9 Å². The lowest BCUT2D eigenvalue weighted by atomic mass is 9.98. The summed E-state index contributed by atoms with van der Waals surface area (Å²) in [6.07, 6.45) is 5.66. The molecule has 1 aromatic heterocycles. The number of piperidine rings is 1. The van der Waals surface area contributed by atoms with E-state index < -0.39 is 0 Å². The van der Waals surface area contributed by atoms with Crippen LogP contribution in [0.2, 0.25) is 5.02 Å². The second-order valence-corrected chi connectivity index (χ2v) is 6.75. The minimum absolute atomic E-state index is 0.157. The number of pyridine rings is 1. The van der Waals surface area contributed by atoms with Crippen molar-refractivity contribution in [2.24, 2.45) is 5.92 Å². The lowest BCUT2D eigenvalue weighted by Crippen LogP contribution is -2.42. The fourth-order valence-electron chi connectivity index (χ4n) is 3.08. The molecule has 0 saturated carbocycles. The molecule has 0 radical (unpaired) electrons. The third-order valence-electron chi connectivity index (χ3n) is 4.53. The Morgan fingerprint density at radius 2 is 1.76 bits per heavy atom. The van der Waals surface area contributed by atoms with Gasteiger partial charge in [0.2, 0.25) is 0 Å². The first-order chi connectivity index (χ1) is 12.2. The summed E-state index contributed by atoms with van der Waals surface area (Å²) in [5.74, 6) is 0.543. The van der Waals surface area contributed by atoms with E-state index in [1.807, 2.05) is 36.4 Å². The molecule has 5 nitrogen and oxygen atoms in total. The molecule has 3 N–H and O–H groups in total. The van der Waals surface area contributed by atoms with E-state index in [0.29, 0.717) is 17.5 Å². The first-order valence-electron chi connectivity index (χ1n) is 8.63. The Hall–Kier alpha value is -2.11. The Balaban J connectivity index is 1.66. The zero-order chi connectivity index (χ0) is 17.5. The number of urea groups is 1. The van der Waals surface area contributed by atoms with E-state index in [-0.39, 0.29) is 12.1 Å². The SMILES string of the molecule is O=C(NCC1CCNCC1)NC(c1ccncc1)c1ccc(Cl)cc1. The Labute approximate surface area is 153 Å². The minimum atomic E-state index is -0.242. The molecule has 3 rings (SSSR count). The summed E-state index contributed by atoms with van der Waals surface area (Å²) >= 11 is 5.99. The first-order valence-corrected chi connectivity index (χ1v) is 9.00. The van der Waals surface area contributed by atoms with E-state index in [0.717, 1.165) is 37.1 Å². The van der Waals surface area contributed by atoms with Crippen molar-refractivity contribution < 1.29 is 4.79 Å². The molecule has 25 heavy (non-hydrogen) atoms. The number of carbonyl (C=O) groups excluding carboxylic acids is 1. The third-order valence-corrected chi connectivity index (χ3v) is 4.78. The van der Waals surface area contributed by atoms with Gasteiger partial charge in [0.15, 0.2) is 0 Å². The minimum Gasteiger partial charge on any atom is -0.338 e. The standard InChI is InChI=1S/C19H23ClN4O/c20-17-3-1-15(2-4-17)18(16-7-11-22-12-8-16)24-19(25)23-13-14-5-9-21-10-6-14/h1-4,7-8,11-12,14,18,21H,5-6,9-10,13H2,(H2,23,24,25). The van der Waals surface area contributed by atoms with Gasteiger partial charge in [-0.05, 0) is 67.2 Å². The molecule has 2 heterocycles. The summed E-state index contributed by atoms with van der Waals surface area (Å²) < 4.78 is 0. The molecule has 2 amide bonds. The van der Waals surface area contributed by atoms with Crippen LogP contribution in [0.25, 0.3) is 0 Å². The van der Waals surface area contributed by atoms with Gasteiger partial charge < -0.3 is 16.0 Å². The highest BCUT2D eigenvalue weighted by atomic mass is 35.5. The van der Waals surface area contributed by atoms with Crippen LogP contribution in [-0.4, -0.2) is 30.6 Å². The van der Waals surface area contributed by atoms with E-state index in [4.69, 9.17) is 11.6 Å². The van der Waals surface area contributed by atoms with E-state index >= 15 is 0 Å². The van der Waals surface area contributed by atoms with Gasteiger partial charge in [0.25, 0.3) is 0 Å². The number of carbonyl (C=O) groups is 1. The fraction of sp³-hybridized carbons (Fsp3) is 0.368. The average Bonchev–Trinajstić information content (AvgIpc) is 2.67. The summed E-state index contributed by atoms with van der Waals surface area (Å²) in [6, 6.07) is 10.9. The number of hydrogen-bond donors (Lipinski definition) is 3.